The molecule has 230 valence electrons. The Morgan fingerprint density at radius 3 is 1.42 bits per heavy atom. The summed E-state index contributed by atoms with van der Waals surface area (Å²) in [6.07, 6.45) is 0. The van der Waals surface area contributed by atoms with Gasteiger partial charge < -0.3 is 0 Å². The van der Waals surface area contributed by atoms with Gasteiger partial charge >= 0.3 is 279 Å². The second-order valence-electron chi connectivity index (χ2n) is 12.6. The third kappa shape index (κ3) is 4.39. The number of aromatic nitrogens is 8. The van der Waals surface area contributed by atoms with Crippen LogP contribution in [0.5, 0.6) is 0 Å². The molecule has 5 aromatic carbocycles. The summed E-state index contributed by atoms with van der Waals surface area (Å²) in [4.78, 5) is 37.7. The molecule has 8 nitrogen and oxygen atoms in total. The molecule has 4 aromatic heterocycles. The first kappa shape index (κ1) is 27.9. The number of benzene rings is 5. The Bertz CT molecular complexity index is 3010. The molecular formula is C40H22N8SZn. The molecule has 50 heavy (non-hydrogen) atoms. The van der Waals surface area contributed by atoms with E-state index >= 15 is 0 Å². The summed E-state index contributed by atoms with van der Waals surface area (Å²) in [5.41, 5.74) is 6.52. The first-order chi connectivity index (χ1) is 24.7. The van der Waals surface area contributed by atoms with E-state index in [1.807, 2.05) is 53.8 Å². The number of thiophene rings is 1. The molecule has 2 N–H and O–H groups in total. The summed E-state index contributed by atoms with van der Waals surface area (Å²) in [5.74, 6) is 2.42. The number of hydrogen-bond donors (Lipinski definition) is 2. The van der Waals surface area contributed by atoms with E-state index in [-0.39, 0.29) is 0 Å². The van der Waals surface area contributed by atoms with Crippen molar-refractivity contribution in [3.8, 4) is 45.6 Å². The van der Waals surface area contributed by atoms with Crippen LogP contribution in [0.15, 0.2) is 121 Å². The van der Waals surface area contributed by atoms with Crippen LogP contribution in [-0.2, 0) is 17.1 Å². The van der Waals surface area contributed by atoms with Crippen LogP contribution in [0.3, 0.4) is 0 Å². The molecule has 0 fully saturated rings. The Morgan fingerprint density at radius 1 is 0.420 bits per heavy atom. The Hall–Kier alpha value is -5.96. The van der Waals surface area contributed by atoms with Crippen LogP contribution in [0, 0.1) is 0 Å². The topological polar surface area (TPSA) is 109 Å². The van der Waals surface area contributed by atoms with Gasteiger partial charge in [0.25, 0.3) is 0 Å². The van der Waals surface area contributed by atoms with Crippen molar-refractivity contribution in [1.29, 1.82) is 0 Å². The van der Waals surface area contributed by atoms with Gasteiger partial charge in [-0.05, 0) is 0 Å². The van der Waals surface area contributed by atoms with Crippen LogP contribution in [0.1, 0.15) is 0 Å². The number of nitrogens with zero attached hydrogens (tertiary/aromatic N) is 6. The number of H-pyrrole nitrogens is 2. The first-order valence-corrected chi connectivity index (χ1v) is 20.2. The molecule has 8 bridgehead atoms. The number of aromatic amines is 2. The van der Waals surface area contributed by atoms with Gasteiger partial charge in [0.1, 0.15) is 0 Å². The van der Waals surface area contributed by atoms with Gasteiger partial charge in [0.2, 0.25) is 0 Å². The van der Waals surface area contributed by atoms with E-state index in [0.717, 1.165) is 49.4 Å². The standard InChI is InChI=1S/C32H17N8.C8H5S.Zn/c1-2-10-18-17(9-1)25-33-26(18)38-28-21-13-5-6-14-22(21)30(35-28)40-32-24-16-8-7-15-23(24)31(36-32)39-29-20-12-4-3-11-19(20)27(34-29)37-25;1-2-4-8-7(3-1)5-6-9-8;/h1-7,9-16H,(H2,33,34,35,36,37,38,39,40);1-5H;. The van der Waals surface area contributed by atoms with Gasteiger partial charge in [-0.1, -0.05) is 18.2 Å². The Kier molecular flexibility index (Phi) is 6.02. The molecule has 10 heteroatoms. The van der Waals surface area contributed by atoms with Crippen molar-refractivity contribution in [1.82, 2.24) is 39.9 Å². The molecule has 6 heterocycles. The predicted octanol–water partition coefficient (Wildman–Crippen LogP) is 8.12. The Balaban J connectivity index is 1.23. The summed E-state index contributed by atoms with van der Waals surface area (Å²) in [7, 11) is 0. The van der Waals surface area contributed by atoms with Crippen molar-refractivity contribution < 1.29 is 17.1 Å². The predicted molar refractivity (Wildman–Crippen MR) is 197 cm³/mol. The van der Waals surface area contributed by atoms with Crippen LogP contribution >= 0.6 is 11.3 Å². The van der Waals surface area contributed by atoms with Gasteiger partial charge in [0, 0.05) is 0 Å². The first-order valence-electron chi connectivity index (χ1n) is 16.4. The molecule has 0 aliphatic carbocycles. The van der Waals surface area contributed by atoms with Crippen molar-refractivity contribution in [2.24, 2.45) is 0 Å². The van der Waals surface area contributed by atoms with Crippen LogP contribution in [0.4, 0.5) is 0 Å². The number of rotatable bonds is 2. The van der Waals surface area contributed by atoms with Crippen LogP contribution in [-0.4, -0.2) is 39.9 Å². The van der Waals surface area contributed by atoms with E-state index in [1.165, 1.54) is 17.7 Å². The second-order valence-corrected chi connectivity index (χ2v) is 18.9. The van der Waals surface area contributed by atoms with E-state index in [2.05, 4.69) is 88.8 Å². The number of nitrogens with one attached hydrogen (secondary N) is 2. The summed E-state index contributed by atoms with van der Waals surface area (Å²) in [5, 5.41) is 5.24. The molecule has 2 aliphatic heterocycles. The van der Waals surface area contributed by atoms with E-state index in [0.29, 0.717) is 40.2 Å². The molecule has 0 spiro atoms. The van der Waals surface area contributed by atoms with Crippen molar-refractivity contribution in [2.75, 3.05) is 0 Å². The molecule has 0 radical (unpaired) electrons. The van der Waals surface area contributed by atoms with Crippen molar-refractivity contribution in [2.45, 2.75) is 0 Å². The average Bonchev–Trinajstić information content (AvgIpc) is 3.95. The second kappa shape index (κ2) is 10.8. The fourth-order valence-corrected chi connectivity index (χ4v) is 13.0. The van der Waals surface area contributed by atoms with Crippen LogP contribution in [0.2, 0.25) is 0 Å². The normalized spacial score (nSPS) is 11.9. The maximum atomic E-state index is 5.22. The van der Waals surface area contributed by atoms with E-state index in [9.17, 15) is 0 Å². The third-order valence-corrected chi connectivity index (χ3v) is 15.0. The monoisotopic (exact) mass is 710 g/mol. The van der Waals surface area contributed by atoms with E-state index < -0.39 is 17.1 Å². The van der Waals surface area contributed by atoms with Gasteiger partial charge in [0.15, 0.2) is 0 Å². The van der Waals surface area contributed by atoms with Gasteiger partial charge in [-0.25, -0.2) is 0 Å². The fourth-order valence-electron chi connectivity index (χ4n) is 7.12. The zero-order valence-electron chi connectivity index (χ0n) is 26.3. The fraction of sp³-hybridized carbons (Fsp3) is 0. The molecular weight excluding hydrogens is 690 g/mol. The van der Waals surface area contributed by atoms with Gasteiger partial charge in [-0.15, -0.1) is 0 Å². The summed E-state index contributed by atoms with van der Waals surface area (Å²) < 4.78 is 4.23. The van der Waals surface area contributed by atoms with Crippen LogP contribution < -0.4 is 7.63 Å². The maximum absolute atomic E-state index is 5.22. The van der Waals surface area contributed by atoms with Gasteiger partial charge in [0.05, 0.1) is 0 Å². The number of fused-ring (bicyclic) bond motifs is 21. The van der Waals surface area contributed by atoms with Crippen LogP contribution in [0.25, 0.3) is 99.8 Å². The summed E-state index contributed by atoms with van der Waals surface area (Å²) >= 11 is 0.638. The minimum absolute atomic E-state index is 0.601. The van der Waals surface area contributed by atoms with Crippen molar-refractivity contribution in [3.63, 3.8) is 0 Å². The quantitative estimate of drug-likeness (QED) is 0.175. The molecule has 0 atom stereocenters. The SMILES string of the molecule is c1ccc2c(c1)-c1nc-2nc2[nH]c(nc3nc(nc4[nH]c(n1)c1ccccc41)-c1ccccc1-3)c1c[c]([Zn][c]3cc4ccccc4s3)ccc21. The zero-order chi connectivity index (χ0) is 32.8. The van der Waals surface area contributed by atoms with Crippen molar-refractivity contribution >= 4 is 73.2 Å². The molecule has 0 amide bonds. The summed E-state index contributed by atoms with van der Waals surface area (Å²) in [6, 6.07) is 42.2. The molecule has 0 saturated carbocycles. The average molecular weight is 712 g/mol. The minimum atomic E-state index is -1.28. The Labute approximate surface area is 295 Å². The molecule has 9 aromatic rings. The van der Waals surface area contributed by atoms with Crippen molar-refractivity contribution in [3.05, 3.63) is 121 Å². The van der Waals surface area contributed by atoms with E-state index in [4.69, 9.17) is 29.9 Å². The molecule has 0 saturated heterocycles. The number of hydrogen-bond acceptors (Lipinski definition) is 7. The zero-order valence-corrected chi connectivity index (χ0v) is 30.1. The molecule has 0 unspecified atom stereocenters. The van der Waals surface area contributed by atoms with Gasteiger partial charge in [-0.2, -0.15) is 0 Å². The summed E-state index contributed by atoms with van der Waals surface area (Å²) in [6.45, 7) is 0. The Morgan fingerprint density at radius 2 is 0.880 bits per heavy atom. The molecule has 11 rings (SSSR count). The molecule has 2 aliphatic rings. The van der Waals surface area contributed by atoms with Gasteiger partial charge in [-0.3, -0.25) is 0 Å². The van der Waals surface area contributed by atoms with E-state index in [1.54, 1.807) is 0 Å². The third-order valence-electron chi connectivity index (χ3n) is 9.47.